The van der Waals surface area contributed by atoms with E-state index in [2.05, 4.69) is 10.2 Å². The second kappa shape index (κ2) is 4.85. The zero-order chi connectivity index (χ0) is 14.1. The summed E-state index contributed by atoms with van der Waals surface area (Å²) in [5, 5.41) is 8.23. The second-order valence-electron chi connectivity index (χ2n) is 4.88. The number of fused-ring (bicyclic) bond motifs is 1. The zero-order valence-electron chi connectivity index (χ0n) is 11.5. The zero-order valence-corrected chi connectivity index (χ0v) is 11.5. The SMILES string of the molecule is Cc1ccc(OCc2nnc3c(N)cc(C)cn23)cc1. The Hall–Kier alpha value is -2.56. The lowest BCUT2D eigenvalue weighted by atomic mass is 10.2. The number of ether oxygens (including phenoxy) is 1. The Labute approximate surface area is 117 Å². The van der Waals surface area contributed by atoms with Crippen molar-refractivity contribution in [2.75, 3.05) is 5.73 Å². The van der Waals surface area contributed by atoms with Crippen molar-refractivity contribution in [2.45, 2.75) is 20.5 Å². The van der Waals surface area contributed by atoms with Crippen LogP contribution in [0.15, 0.2) is 36.5 Å². The van der Waals surface area contributed by atoms with E-state index in [9.17, 15) is 0 Å². The summed E-state index contributed by atoms with van der Waals surface area (Å²) < 4.78 is 7.60. The van der Waals surface area contributed by atoms with E-state index in [4.69, 9.17) is 10.5 Å². The summed E-state index contributed by atoms with van der Waals surface area (Å²) in [5.41, 5.74) is 9.48. The van der Waals surface area contributed by atoms with Crippen LogP contribution in [0.3, 0.4) is 0 Å². The fourth-order valence-corrected chi connectivity index (χ4v) is 2.09. The fourth-order valence-electron chi connectivity index (χ4n) is 2.09. The predicted octanol–water partition coefficient (Wildman–Crippen LogP) is 2.51. The van der Waals surface area contributed by atoms with Gasteiger partial charge in [0.05, 0.1) is 5.69 Å². The molecule has 0 unspecified atom stereocenters. The minimum atomic E-state index is 0.354. The molecule has 0 spiro atoms. The first kappa shape index (κ1) is 12.5. The number of hydrogen-bond donors (Lipinski definition) is 1. The van der Waals surface area contributed by atoms with Gasteiger partial charge >= 0.3 is 0 Å². The molecular formula is C15H16N4O. The van der Waals surface area contributed by atoms with Gasteiger partial charge in [-0.3, -0.25) is 4.40 Å². The summed E-state index contributed by atoms with van der Waals surface area (Å²) in [7, 11) is 0. The number of aryl methyl sites for hydroxylation is 2. The molecule has 3 aromatic rings. The first-order valence-corrected chi connectivity index (χ1v) is 6.43. The Kier molecular flexibility index (Phi) is 3.02. The maximum absolute atomic E-state index is 5.93. The van der Waals surface area contributed by atoms with Crippen molar-refractivity contribution in [2.24, 2.45) is 0 Å². The smallest absolute Gasteiger partial charge is 0.184 e. The van der Waals surface area contributed by atoms with Crippen LogP contribution in [0.25, 0.3) is 5.65 Å². The van der Waals surface area contributed by atoms with E-state index in [1.807, 2.05) is 54.8 Å². The largest absolute Gasteiger partial charge is 0.486 e. The maximum atomic E-state index is 5.93. The molecule has 5 nitrogen and oxygen atoms in total. The Balaban J connectivity index is 1.86. The number of nitrogen functional groups attached to an aromatic ring is 1. The quantitative estimate of drug-likeness (QED) is 0.792. The molecule has 0 aliphatic rings. The van der Waals surface area contributed by atoms with Gasteiger partial charge in [-0.15, -0.1) is 10.2 Å². The molecule has 0 aliphatic carbocycles. The van der Waals surface area contributed by atoms with Crippen molar-refractivity contribution in [1.29, 1.82) is 0 Å². The monoisotopic (exact) mass is 268 g/mol. The predicted molar refractivity (Wildman–Crippen MR) is 77.6 cm³/mol. The van der Waals surface area contributed by atoms with Crippen molar-refractivity contribution in [1.82, 2.24) is 14.6 Å². The summed E-state index contributed by atoms with van der Waals surface area (Å²) in [4.78, 5) is 0. The van der Waals surface area contributed by atoms with Gasteiger partial charge in [0.25, 0.3) is 0 Å². The summed E-state index contributed by atoms with van der Waals surface area (Å²) in [6.45, 7) is 4.38. The van der Waals surface area contributed by atoms with E-state index in [1.165, 1.54) is 5.56 Å². The van der Waals surface area contributed by atoms with Gasteiger partial charge in [-0.05, 0) is 37.6 Å². The van der Waals surface area contributed by atoms with E-state index >= 15 is 0 Å². The Bertz CT molecular complexity index is 746. The molecule has 20 heavy (non-hydrogen) atoms. The lowest BCUT2D eigenvalue weighted by Gasteiger charge is -2.06. The van der Waals surface area contributed by atoms with E-state index in [0.29, 0.717) is 17.9 Å². The Morgan fingerprint density at radius 3 is 2.60 bits per heavy atom. The highest BCUT2D eigenvalue weighted by molar-refractivity contribution is 5.64. The van der Waals surface area contributed by atoms with Crippen LogP contribution in [0.1, 0.15) is 17.0 Å². The third-order valence-corrected chi connectivity index (χ3v) is 3.13. The third kappa shape index (κ3) is 2.30. The molecule has 2 heterocycles. The van der Waals surface area contributed by atoms with Crippen molar-refractivity contribution in [3.05, 3.63) is 53.5 Å². The van der Waals surface area contributed by atoms with Crippen LogP contribution in [-0.4, -0.2) is 14.6 Å². The number of nitrogens with zero attached hydrogens (tertiary/aromatic N) is 3. The average molecular weight is 268 g/mol. The van der Waals surface area contributed by atoms with Crippen LogP contribution in [0.2, 0.25) is 0 Å². The first-order valence-electron chi connectivity index (χ1n) is 6.43. The molecule has 0 saturated carbocycles. The molecule has 2 aromatic heterocycles. The third-order valence-electron chi connectivity index (χ3n) is 3.13. The number of nitrogens with two attached hydrogens (primary N) is 1. The standard InChI is InChI=1S/C15H16N4O/c1-10-3-5-12(6-4-10)20-9-14-17-18-15-13(16)7-11(2)8-19(14)15/h3-8H,9,16H2,1-2H3. The highest BCUT2D eigenvalue weighted by Crippen LogP contribution is 2.17. The van der Waals surface area contributed by atoms with Crippen LogP contribution >= 0.6 is 0 Å². The molecule has 5 heteroatoms. The molecular weight excluding hydrogens is 252 g/mol. The molecule has 0 fully saturated rings. The molecule has 0 aliphatic heterocycles. The van der Waals surface area contributed by atoms with Crippen molar-refractivity contribution < 1.29 is 4.74 Å². The Morgan fingerprint density at radius 1 is 1.10 bits per heavy atom. The van der Waals surface area contributed by atoms with Gasteiger partial charge in [0.2, 0.25) is 0 Å². The van der Waals surface area contributed by atoms with Gasteiger partial charge < -0.3 is 10.5 Å². The molecule has 0 bridgehead atoms. The molecule has 0 saturated heterocycles. The lowest BCUT2D eigenvalue weighted by molar-refractivity contribution is 0.294. The van der Waals surface area contributed by atoms with Crippen LogP contribution in [-0.2, 0) is 6.61 Å². The van der Waals surface area contributed by atoms with Crippen LogP contribution in [0.5, 0.6) is 5.75 Å². The van der Waals surface area contributed by atoms with Gasteiger partial charge in [0, 0.05) is 6.20 Å². The van der Waals surface area contributed by atoms with Crippen LogP contribution in [0, 0.1) is 13.8 Å². The lowest BCUT2D eigenvalue weighted by Crippen LogP contribution is -2.02. The van der Waals surface area contributed by atoms with E-state index in [-0.39, 0.29) is 0 Å². The summed E-state index contributed by atoms with van der Waals surface area (Å²) in [6, 6.07) is 9.80. The van der Waals surface area contributed by atoms with E-state index in [0.717, 1.165) is 17.1 Å². The second-order valence-corrected chi connectivity index (χ2v) is 4.88. The van der Waals surface area contributed by atoms with Crippen LogP contribution < -0.4 is 10.5 Å². The van der Waals surface area contributed by atoms with Gasteiger partial charge in [-0.25, -0.2) is 0 Å². The minimum Gasteiger partial charge on any atom is -0.486 e. The number of benzene rings is 1. The maximum Gasteiger partial charge on any atom is 0.184 e. The molecule has 0 radical (unpaired) electrons. The average Bonchev–Trinajstić information content (AvgIpc) is 2.81. The van der Waals surface area contributed by atoms with Gasteiger partial charge in [0.15, 0.2) is 11.5 Å². The minimum absolute atomic E-state index is 0.354. The van der Waals surface area contributed by atoms with E-state index in [1.54, 1.807) is 0 Å². The molecule has 0 atom stereocenters. The summed E-state index contributed by atoms with van der Waals surface area (Å²) in [5.74, 6) is 1.55. The van der Waals surface area contributed by atoms with Crippen molar-refractivity contribution in [3.8, 4) is 5.75 Å². The molecule has 3 rings (SSSR count). The highest BCUT2D eigenvalue weighted by atomic mass is 16.5. The highest BCUT2D eigenvalue weighted by Gasteiger charge is 2.09. The number of aromatic nitrogens is 3. The number of rotatable bonds is 3. The topological polar surface area (TPSA) is 65.4 Å². The van der Waals surface area contributed by atoms with Gasteiger partial charge in [-0.2, -0.15) is 0 Å². The van der Waals surface area contributed by atoms with E-state index < -0.39 is 0 Å². The van der Waals surface area contributed by atoms with Crippen molar-refractivity contribution >= 4 is 11.3 Å². The molecule has 0 amide bonds. The normalized spacial score (nSPS) is 10.9. The van der Waals surface area contributed by atoms with Crippen molar-refractivity contribution in [3.63, 3.8) is 0 Å². The van der Waals surface area contributed by atoms with Gasteiger partial charge in [-0.1, -0.05) is 17.7 Å². The number of anilines is 1. The molecule has 1 aromatic carbocycles. The fraction of sp³-hybridized carbons (Fsp3) is 0.200. The first-order chi connectivity index (χ1) is 9.63. The van der Waals surface area contributed by atoms with Gasteiger partial charge in [0.1, 0.15) is 12.4 Å². The summed E-state index contributed by atoms with van der Waals surface area (Å²) in [6.07, 6.45) is 1.96. The number of hydrogen-bond acceptors (Lipinski definition) is 4. The van der Waals surface area contributed by atoms with Crippen LogP contribution in [0.4, 0.5) is 5.69 Å². The number of pyridine rings is 1. The molecule has 2 N–H and O–H groups in total. The molecule has 102 valence electrons. The summed E-state index contributed by atoms with van der Waals surface area (Å²) >= 11 is 0. The Morgan fingerprint density at radius 2 is 1.85 bits per heavy atom.